The van der Waals surface area contributed by atoms with E-state index in [2.05, 4.69) is 13.8 Å². The molecule has 1 nitrogen and oxygen atoms in total. The molecule has 0 saturated heterocycles. The summed E-state index contributed by atoms with van der Waals surface area (Å²) in [7, 11) is 0. The van der Waals surface area contributed by atoms with Crippen molar-refractivity contribution >= 4 is 0 Å². The van der Waals surface area contributed by atoms with Crippen LogP contribution in [0.4, 0.5) is 8.78 Å². The normalized spacial score (nSPS) is 30.1. The van der Waals surface area contributed by atoms with Crippen LogP contribution in [-0.2, 0) is 5.41 Å². The predicted molar refractivity (Wildman–Crippen MR) is 137 cm³/mol. The summed E-state index contributed by atoms with van der Waals surface area (Å²) in [5, 5.41) is 0. The van der Waals surface area contributed by atoms with Crippen LogP contribution >= 0.6 is 0 Å². The number of halogens is 2. The molecule has 1 aromatic rings. The topological polar surface area (TPSA) is 9.23 Å². The van der Waals surface area contributed by atoms with Gasteiger partial charge < -0.3 is 4.74 Å². The van der Waals surface area contributed by atoms with Crippen LogP contribution in [0, 0.1) is 23.7 Å². The van der Waals surface area contributed by atoms with Gasteiger partial charge >= 0.3 is 6.11 Å². The Bertz CT molecular complexity index is 720. The Morgan fingerprint density at radius 2 is 1.41 bits per heavy atom. The van der Waals surface area contributed by atoms with Gasteiger partial charge in [0.05, 0.1) is 5.92 Å². The lowest BCUT2D eigenvalue weighted by Gasteiger charge is -2.39. The molecule has 0 unspecified atom stereocenters. The Balaban J connectivity index is 1.23. The molecule has 0 heterocycles. The van der Waals surface area contributed by atoms with Crippen LogP contribution < -0.4 is 4.74 Å². The number of hydrogen-bond acceptors (Lipinski definition) is 1. The molecule has 0 bridgehead atoms. The average molecular weight is 475 g/mol. The maximum absolute atomic E-state index is 15.1. The maximum Gasteiger partial charge on any atom is 0.400 e. The molecule has 34 heavy (non-hydrogen) atoms. The zero-order valence-corrected chi connectivity index (χ0v) is 21.8. The molecule has 4 rings (SSSR count). The lowest BCUT2D eigenvalue weighted by molar-refractivity contribution is -0.224. The fourth-order valence-electron chi connectivity index (χ4n) is 7.34. The van der Waals surface area contributed by atoms with Crippen molar-refractivity contribution < 1.29 is 13.5 Å². The minimum atomic E-state index is -3.07. The van der Waals surface area contributed by atoms with Crippen LogP contribution in [0.25, 0.3) is 0 Å². The van der Waals surface area contributed by atoms with E-state index < -0.39 is 12.0 Å². The molecule has 0 aliphatic heterocycles. The predicted octanol–water partition coefficient (Wildman–Crippen LogP) is 10.1. The monoisotopic (exact) mass is 474 g/mol. The first-order valence-electron chi connectivity index (χ1n) is 14.6. The van der Waals surface area contributed by atoms with Crippen molar-refractivity contribution in [2.45, 2.75) is 135 Å². The molecular weight excluding hydrogens is 426 g/mol. The summed E-state index contributed by atoms with van der Waals surface area (Å²) in [4.78, 5) is 0. The molecule has 0 spiro atoms. The van der Waals surface area contributed by atoms with Gasteiger partial charge in [0, 0.05) is 0 Å². The van der Waals surface area contributed by atoms with E-state index in [1.165, 1.54) is 89.0 Å². The van der Waals surface area contributed by atoms with Crippen LogP contribution in [0.2, 0.25) is 0 Å². The highest BCUT2D eigenvalue weighted by Gasteiger charge is 2.45. The summed E-state index contributed by atoms with van der Waals surface area (Å²) in [5.74, 6) is 2.01. The number of alkyl halides is 2. The smallest absolute Gasteiger partial charge is 0.400 e. The first kappa shape index (κ1) is 26.0. The van der Waals surface area contributed by atoms with E-state index in [1.807, 2.05) is 12.1 Å². The SMILES string of the molecule is CCCCCC1CCC(C2CCC(C(F)(F)Oc3ccc(C4(C)CCCCC4)cc3)CC2)CC1. The van der Waals surface area contributed by atoms with Crippen LogP contribution in [0.1, 0.15) is 129 Å². The van der Waals surface area contributed by atoms with E-state index in [-0.39, 0.29) is 5.41 Å². The van der Waals surface area contributed by atoms with Gasteiger partial charge in [-0.1, -0.05) is 83.8 Å². The first-order valence-corrected chi connectivity index (χ1v) is 14.6. The van der Waals surface area contributed by atoms with Crippen molar-refractivity contribution in [2.75, 3.05) is 0 Å². The summed E-state index contributed by atoms with van der Waals surface area (Å²) < 4.78 is 35.5. The molecule has 3 aliphatic rings. The van der Waals surface area contributed by atoms with Gasteiger partial charge in [-0.3, -0.25) is 0 Å². The molecule has 0 radical (unpaired) electrons. The molecule has 0 atom stereocenters. The van der Waals surface area contributed by atoms with E-state index in [1.54, 1.807) is 12.1 Å². The third-order valence-electron chi connectivity index (χ3n) is 9.78. The minimum absolute atomic E-state index is 0.187. The fraction of sp³-hybridized carbons (Fsp3) is 0.806. The molecule has 0 aromatic heterocycles. The molecule has 192 valence electrons. The summed E-state index contributed by atoms with van der Waals surface area (Å²) in [6.07, 6.45) is 17.1. The molecule has 3 heteroatoms. The van der Waals surface area contributed by atoms with Crippen molar-refractivity contribution in [3.8, 4) is 5.75 Å². The zero-order valence-electron chi connectivity index (χ0n) is 21.8. The third-order valence-corrected chi connectivity index (χ3v) is 9.78. The van der Waals surface area contributed by atoms with Gasteiger partial charge in [0.15, 0.2) is 0 Å². The highest BCUT2D eigenvalue weighted by atomic mass is 19.3. The van der Waals surface area contributed by atoms with E-state index >= 15 is 8.78 Å². The first-order chi connectivity index (χ1) is 16.4. The van der Waals surface area contributed by atoms with Crippen LogP contribution in [0.3, 0.4) is 0 Å². The molecule has 0 N–H and O–H groups in total. The van der Waals surface area contributed by atoms with E-state index in [0.717, 1.165) is 24.7 Å². The van der Waals surface area contributed by atoms with Gasteiger partial charge in [0.1, 0.15) is 5.75 Å². The molecule has 0 amide bonds. The second-order valence-electron chi connectivity index (χ2n) is 12.2. The maximum atomic E-state index is 15.1. The van der Waals surface area contributed by atoms with E-state index in [0.29, 0.717) is 24.5 Å². The summed E-state index contributed by atoms with van der Waals surface area (Å²) >= 11 is 0. The second kappa shape index (κ2) is 11.7. The van der Waals surface area contributed by atoms with Crippen molar-refractivity contribution in [2.24, 2.45) is 23.7 Å². The van der Waals surface area contributed by atoms with Gasteiger partial charge in [0.25, 0.3) is 0 Å². The molecule has 3 aliphatic carbocycles. The number of unbranched alkanes of at least 4 members (excludes halogenated alkanes) is 2. The molecular formula is C31H48F2O. The van der Waals surface area contributed by atoms with Gasteiger partial charge in [0.2, 0.25) is 0 Å². The number of hydrogen-bond donors (Lipinski definition) is 0. The van der Waals surface area contributed by atoms with Gasteiger partial charge in [-0.2, -0.15) is 8.78 Å². The van der Waals surface area contributed by atoms with Crippen molar-refractivity contribution in [3.05, 3.63) is 29.8 Å². The summed E-state index contributed by atoms with van der Waals surface area (Å²) in [6, 6.07) is 7.58. The van der Waals surface area contributed by atoms with Crippen molar-refractivity contribution in [3.63, 3.8) is 0 Å². The number of rotatable bonds is 9. The number of ether oxygens (including phenoxy) is 1. The second-order valence-corrected chi connectivity index (χ2v) is 12.2. The zero-order chi connectivity index (χ0) is 24.0. The van der Waals surface area contributed by atoms with Gasteiger partial charge in [-0.05, 0) is 92.2 Å². The number of benzene rings is 1. The Morgan fingerprint density at radius 3 is 2.00 bits per heavy atom. The highest BCUT2D eigenvalue weighted by molar-refractivity contribution is 5.32. The summed E-state index contributed by atoms with van der Waals surface area (Å²) in [6.45, 7) is 4.59. The lowest BCUT2D eigenvalue weighted by Crippen LogP contribution is -2.38. The Kier molecular flexibility index (Phi) is 8.97. The minimum Gasteiger partial charge on any atom is -0.432 e. The Morgan fingerprint density at radius 1 is 0.824 bits per heavy atom. The van der Waals surface area contributed by atoms with Crippen molar-refractivity contribution in [1.82, 2.24) is 0 Å². The largest absolute Gasteiger partial charge is 0.432 e. The molecule has 1 aromatic carbocycles. The standard InChI is InChI=1S/C31H48F2O/c1-3-4-6-9-24-10-12-25(13-11-24)26-14-16-28(17-15-26)31(32,33)34-29-20-18-27(19-21-29)30(2)22-7-5-8-23-30/h18-21,24-26,28H,3-17,22-23H2,1-2H3. The van der Waals surface area contributed by atoms with Crippen LogP contribution in [0.5, 0.6) is 5.75 Å². The molecule has 3 saturated carbocycles. The molecule has 3 fully saturated rings. The van der Waals surface area contributed by atoms with E-state index in [4.69, 9.17) is 4.74 Å². The highest BCUT2D eigenvalue weighted by Crippen LogP contribution is 2.46. The Hall–Kier alpha value is -1.12. The van der Waals surface area contributed by atoms with Gasteiger partial charge in [-0.25, -0.2) is 0 Å². The average Bonchev–Trinajstić information content (AvgIpc) is 2.85. The van der Waals surface area contributed by atoms with Crippen molar-refractivity contribution in [1.29, 1.82) is 0 Å². The van der Waals surface area contributed by atoms with E-state index in [9.17, 15) is 0 Å². The van der Waals surface area contributed by atoms with Crippen LogP contribution in [-0.4, -0.2) is 6.11 Å². The summed E-state index contributed by atoms with van der Waals surface area (Å²) in [5.41, 5.74) is 1.45. The lowest BCUT2D eigenvalue weighted by atomic mass is 9.68. The van der Waals surface area contributed by atoms with Gasteiger partial charge in [-0.15, -0.1) is 0 Å². The fourth-order valence-corrected chi connectivity index (χ4v) is 7.34. The third kappa shape index (κ3) is 6.55. The quantitative estimate of drug-likeness (QED) is 0.323. The van der Waals surface area contributed by atoms with Crippen LogP contribution in [0.15, 0.2) is 24.3 Å². The Labute approximate surface area is 207 Å².